The van der Waals surface area contributed by atoms with Gasteiger partial charge in [-0.3, -0.25) is 4.79 Å². The summed E-state index contributed by atoms with van der Waals surface area (Å²) in [5.41, 5.74) is 19.8. The molecule has 0 radical (unpaired) electrons. The number of carbonyl (C=O) groups excluding carboxylic acids is 2. The lowest BCUT2D eigenvalue weighted by Gasteiger charge is -2.37. The highest BCUT2D eigenvalue weighted by molar-refractivity contribution is 6.09. The number of aliphatic hydroxyl groups is 2. The van der Waals surface area contributed by atoms with Crippen LogP contribution in [0.1, 0.15) is 359 Å². The van der Waals surface area contributed by atoms with Crippen molar-refractivity contribution < 1.29 is 90.9 Å². The fraction of sp³-hybridized carbons (Fsp3) is 0.484. The Balaban J connectivity index is 0.000000341. The van der Waals surface area contributed by atoms with Gasteiger partial charge in [-0.25, -0.2) is 4.79 Å². The molecule has 147 heavy (non-hydrogen) atoms. The number of aliphatic hydroxyl groups excluding tert-OH is 2. The van der Waals surface area contributed by atoms with E-state index in [-0.39, 0.29) is 75.6 Å². The Bertz CT molecular complexity index is 5830. The van der Waals surface area contributed by atoms with Gasteiger partial charge in [-0.1, -0.05) is 255 Å². The monoisotopic (exact) mass is 2020 g/mol. The summed E-state index contributed by atoms with van der Waals surface area (Å²) in [6, 6.07) is 61.8. The van der Waals surface area contributed by atoms with Crippen LogP contribution in [0.5, 0.6) is 46.0 Å². The van der Waals surface area contributed by atoms with Crippen LogP contribution in [0, 0.1) is 12.8 Å². The van der Waals surface area contributed by atoms with Crippen molar-refractivity contribution in [1.82, 2.24) is 0 Å². The van der Waals surface area contributed by atoms with Crippen molar-refractivity contribution in [2.24, 2.45) is 5.92 Å². The molecule has 19 nitrogen and oxygen atoms in total. The molecule has 0 bridgehead atoms. The lowest BCUT2D eigenvalue weighted by molar-refractivity contribution is -0.138. The van der Waals surface area contributed by atoms with E-state index in [4.69, 9.17) is 71.1 Å². The average Bonchev–Trinajstić information content (AvgIpc) is 0.730. The highest BCUT2D eigenvalue weighted by Gasteiger charge is 2.36. The van der Waals surface area contributed by atoms with Crippen LogP contribution in [0.15, 0.2) is 182 Å². The molecule has 0 amide bonds. The van der Waals surface area contributed by atoms with Crippen molar-refractivity contribution >= 4 is 55.0 Å². The minimum absolute atomic E-state index is 0. The van der Waals surface area contributed by atoms with E-state index in [0.717, 1.165) is 157 Å². The summed E-state index contributed by atoms with van der Waals surface area (Å²) in [6.45, 7) is 42.5. The normalized spacial score (nSPS) is 13.4. The SMILES string of the molecule is C.C.C.C.C.C.CCC(C)c1c2ccccc2c(OCCOc2c(COC)cc(C(C)C)cc2COC)c2ccccc12.CCC(C)c1ccc(OCCOc2c(COC)cc(C(C)C)cc2COC)c2ccccc12.CCC(C)c1cccc2c(C(=O)OCCOc3c(C(C)O)c4c5c(c3C(C)O)CCCC5CCC4)cccc12.CCOCc1cc(C)cc(COCC)c1OCCOc1ccc(OC(=O)C(C)CC)cc1. The molecule has 6 unspecified atom stereocenters. The van der Waals surface area contributed by atoms with Gasteiger partial charge >= 0.3 is 11.9 Å². The zero-order valence-electron chi connectivity index (χ0n) is 87.7. The molecule has 0 saturated heterocycles. The predicted octanol–water partition coefficient (Wildman–Crippen LogP) is 32.4. The Morgan fingerprint density at radius 3 is 1.16 bits per heavy atom. The number of esters is 2. The van der Waals surface area contributed by atoms with Crippen LogP contribution in [0.2, 0.25) is 0 Å². The number of aryl methyl sites for hydroxylation is 1. The molecule has 12 aromatic carbocycles. The Hall–Kier alpha value is -11.1. The van der Waals surface area contributed by atoms with E-state index in [2.05, 4.69) is 210 Å². The molecular formula is C128H180O19. The molecule has 0 saturated carbocycles. The van der Waals surface area contributed by atoms with Crippen LogP contribution in [0.3, 0.4) is 0 Å². The van der Waals surface area contributed by atoms with Crippen molar-refractivity contribution in [3.8, 4) is 46.0 Å². The molecule has 2 N–H and O–H groups in total. The molecule has 0 fully saturated rings. The summed E-state index contributed by atoms with van der Waals surface area (Å²) >= 11 is 0. The summed E-state index contributed by atoms with van der Waals surface area (Å²) in [6.07, 6.45) is 8.94. The summed E-state index contributed by atoms with van der Waals surface area (Å²) in [5.74, 6) is 8.04. The molecule has 6 atom stereocenters. The molecule has 0 aromatic heterocycles. The first-order valence-corrected chi connectivity index (χ1v) is 51.3. The maximum atomic E-state index is 13.1. The van der Waals surface area contributed by atoms with E-state index in [1.807, 2.05) is 52.0 Å². The third-order valence-electron chi connectivity index (χ3n) is 27.2. The van der Waals surface area contributed by atoms with Crippen molar-refractivity contribution in [3.63, 3.8) is 0 Å². The molecule has 0 heterocycles. The molecule has 0 spiro atoms. The maximum absolute atomic E-state index is 13.1. The van der Waals surface area contributed by atoms with E-state index in [1.54, 1.807) is 66.6 Å². The van der Waals surface area contributed by atoms with E-state index < -0.39 is 12.2 Å². The van der Waals surface area contributed by atoms with Crippen LogP contribution in [0.25, 0.3) is 43.1 Å². The minimum atomic E-state index is -0.712. The zero-order valence-corrected chi connectivity index (χ0v) is 87.7. The second-order valence-corrected chi connectivity index (χ2v) is 37.9. The van der Waals surface area contributed by atoms with Gasteiger partial charge in [0.1, 0.15) is 98.9 Å². The number of methoxy groups -OCH3 is 4. The number of rotatable bonds is 47. The fourth-order valence-corrected chi connectivity index (χ4v) is 19.3. The van der Waals surface area contributed by atoms with Gasteiger partial charge in [0, 0.05) is 102 Å². The van der Waals surface area contributed by atoms with Crippen LogP contribution in [0.4, 0.5) is 0 Å². The van der Waals surface area contributed by atoms with Crippen LogP contribution in [-0.4, -0.2) is 117 Å². The highest BCUT2D eigenvalue weighted by Crippen LogP contribution is 2.52. The van der Waals surface area contributed by atoms with Gasteiger partial charge in [-0.05, 0) is 266 Å². The number of ether oxygens (including phenoxy) is 15. The summed E-state index contributed by atoms with van der Waals surface area (Å²) in [7, 11) is 6.84. The Labute approximate surface area is 883 Å². The maximum Gasteiger partial charge on any atom is 0.338 e. The molecule has 12 aromatic rings. The molecule has 806 valence electrons. The number of fused-ring (bicyclic) bond motifs is 4. The van der Waals surface area contributed by atoms with Gasteiger partial charge in [0.15, 0.2) is 0 Å². The van der Waals surface area contributed by atoms with Crippen LogP contribution < -0.4 is 37.9 Å². The topological polar surface area (TPSA) is 213 Å². The van der Waals surface area contributed by atoms with Crippen molar-refractivity contribution in [2.45, 2.75) is 314 Å². The van der Waals surface area contributed by atoms with Crippen molar-refractivity contribution in [2.75, 3.05) is 94.5 Å². The summed E-state index contributed by atoms with van der Waals surface area (Å²) < 4.78 is 87.6. The van der Waals surface area contributed by atoms with Gasteiger partial charge in [0.25, 0.3) is 0 Å². The van der Waals surface area contributed by atoms with Gasteiger partial charge in [-0.15, -0.1) is 0 Å². The van der Waals surface area contributed by atoms with Gasteiger partial charge in [0.2, 0.25) is 0 Å². The summed E-state index contributed by atoms with van der Waals surface area (Å²) in [4.78, 5) is 25.0. The second-order valence-electron chi connectivity index (χ2n) is 37.9. The van der Waals surface area contributed by atoms with Gasteiger partial charge in [0.05, 0.1) is 63.3 Å². The van der Waals surface area contributed by atoms with Crippen LogP contribution in [-0.2, 0) is 90.4 Å². The molecule has 2 aliphatic carbocycles. The largest absolute Gasteiger partial charge is 0.490 e. The second kappa shape index (κ2) is 63.7. The Morgan fingerprint density at radius 1 is 0.354 bits per heavy atom. The van der Waals surface area contributed by atoms with E-state index in [9.17, 15) is 19.8 Å². The smallest absolute Gasteiger partial charge is 0.338 e. The molecule has 0 aliphatic heterocycles. The average molecular weight is 2020 g/mol. The van der Waals surface area contributed by atoms with Gasteiger partial charge in [-0.2, -0.15) is 0 Å². The zero-order chi connectivity index (χ0) is 101. The quantitative estimate of drug-likeness (QED) is 0.0157. The Morgan fingerprint density at radius 2 is 0.728 bits per heavy atom. The molecular weight excluding hydrogens is 1840 g/mol. The Kier molecular flexibility index (Phi) is 54.7. The minimum Gasteiger partial charge on any atom is -0.490 e. The highest BCUT2D eigenvalue weighted by atomic mass is 16.6. The molecule has 19 heteroatoms. The van der Waals surface area contributed by atoms with Crippen molar-refractivity contribution in [1.29, 1.82) is 0 Å². The number of benzene rings is 12. The van der Waals surface area contributed by atoms with E-state index in [1.165, 1.54) is 73.5 Å². The van der Waals surface area contributed by atoms with E-state index >= 15 is 0 Å². The fourth-order valence-electron chi connectivity index (χ4n) is 19.3. The number of carbonyl (C=O) groups is 2. The number of hydrogen-bond donors (Lipinski definition) is 2. The summed E-state index contributed by atoms with van der Waals surface area (Å²) in [5, 5.41) is 31.0. The molecule has 14 rings (SSSR count). The van der Waals surface area contributed by atoms with Gasteiger partial charge < -0.3 is 81.3 Å². The first-order chi connectivity index (χ1) is 68.3. The first-order valence-electron chi connectivity index (χ1n) is 51.3. The van der Waals surface area contributed by atoms with Crippen LogP contribution >= 0.6 is 0 Å². The third kappa shape index (κ3) is 33.0. The lowest BCUT2D eigenvalue weighted by atomic mass is 9.69. The van der Waals surface area contributed by atoms with Crippen molar-refractivity contribution in [3.05, 3.63) is 282 Å². The standard InChI is InChI=1S/C34H42O5.C33H40O4.C29H38O4.C26H36O6.6CH4/c1-5-20(2)24-12-8-14-26-25(24)13-9-15-27(26)34(37)39-19-18-38-33-30(21(3)35)28-16-6-10-23-11-7-17-29(32(23)28)31(33)22(4)36;1-7-23(4)31-27-12-8-10-14-29(27)33(30-15-11-9-13-28(30)31)37-17-16-36-32-25(20-34-5)18-24(22(2)3)19-26(32)21-35-6;1-7-21(4)25-12-13-28(27-11-9-8-10-26(25)27)32-14-15-33-29-23(18-30-5)16-22(20(2)3)17-24(29)19-31-6;1-6-20(5)26(27)32-24-11-9-23(10-12-24)30-13-14-31-25-21(17-28-7-2)15-19(4)16-22(25)18-29-8-3;;;;;;/h8-9,12-15,20-23,35-36H,5-7,10-11,16-19H2,1-4H3;8-15,18-19,22-23H,7,16-17,20-21H2,1-6H3;8-13,16-17,20-21H,7,14-15,18-19H2,1-6H3;9-12,15-16,20H,6-8,13-14,17-18H2,1-5H3;6*1H4. The first kappa shape index (κ1) is 126. The number of hydrogen-bond acceptors (Lipinski definition) is 19. The third-order valence-corrected chi connectivity index (χ3v) is 27.2. The van der Waals surface area contributed by atoms with E-state index in [0.29, 0.717) is 151 Å². The molecule has 2 aliphatic rings. The predicted molar refractivity (Wildman–Crippen MR) is 608 cm³/mol. The lowest BCUT2D eigenvalue weighted by Crippen LogP contribution is -2.24.